The maximum absolute atomic E-state index is 11.9. The second-order valence-electron chi connectivity index (χ2n) is 5.70. The van der Waals surface area contributed by atoms with Gasteiger partial charge in [-0.1, -0.05) is 18.2 Å². The first-order chi connectivity index (χ1) is 11.2. The quantitative estimate of drug-likeness (QED) is 0.750. The van der Waals surface area contributed by atoms with Crippen molar-refractivity contribution in [3.05, 3.63) is 29.8 Å². The molecule has 128 valence electrons. The molecule has 0 spiro atoms. The fraction of sp³-hybridized carbons (Fsp3) is 0.588. The summed E-state index contributed by atoms with van der Waals surface area (Å²) in [5.74, 6) is 0.857. The normalized spacial score (nSPS) is 16.6. The Kier molecular flexibility index (Phi) is 6.67. The predicted octanol–water partition coefficient (Wildman–Crippen LogP) is 1.69. The van der Waals surface area contributed by atoms with Gasteiger partial charge in [-0.25, -0.2) is 4.79 Å². The van der Waals surface area contributed by atoms with Crippen LogP contribution in [-0.2, 0) is 14.9 Å². The Morgan fingerprint density at radius 3 is 2.65 bits per heavy atom. The lowest BCUT2D eigenvalue weighted by Gasteiger charge is -2.38. The number of rotatable bonds is 7. The number of benzene rings is 1. The molecule has 0 radical (unpaired) electrons. The largest absolute Gasteiger partial charge is 0.496 e. The van der Waals surface area contributed by atoms with Gasteiger partial charge in [0.15, 0.2) is 0 Å². The zero-order chi connectivity index (χ0) is 16.5. The molecule has 1 aliphatic rings. The molecule has 0 atom stereocenters. The molecule has 1 aromatic rings. The number of ether oxygens (including phenoxy) is 3. The molecule has 2 rings (SSSR count). The Labute approximate surface area is 137 Å². The number of hydrogen-bond acceptors (Lipinski definition) is 4. The van der Waals surface area contributed by atoms with Crippen LogP contribution in [-0.4, -0.2) is 53.2 Å². The second-order valence-corrected chi connectivity index (χ2v) is 5.70. The summed E-state index contributed by atoms with van der Waals surface area (Å²) in [4.78, 5) is 11.9. The number of para-hydroxylation sites is 1. The van der Waals surface area contributed by atoms with Crippen LogP contribution in [0.5, 0.6) is 5.75 Å². The Hall–Kier alpha value is -1.79. The van der Waals surface area contributed by atoms with Gasteiger partial charge in [-0.3, -0.25) is 0 Å². The number of amides is 2. The first-order valence-corrected chi connectivity index (χ1v) is 7.94. The minimum absolute atomic E-state index is 0.163. The monoisotopic (exact) mass is 322 g/mol. The van der Waals surface area contributed by atoms with Crippen LogP contribution < -0.4 is 15.4 Å². The SMILES string of the molecule is COCCNC(=O)NCC1(c2ccccc2OC)CCOCC1. The molecule has 1 aromatic carbocycles. The molecule has 1 saturated heterocycles. The molecule has 0 unspecified atom stereocenters. The van der Waals surface area contributed by atoms with Crippen molar-refractivity contribution in [3.8, 4) is 5.75 Å². The van der Waals surface area contributed by atoms with Crippen molar-refractivity contribution in [1.82, 2.24) is 10.6 Å². The summed E-state index contributed by atoms with van der Waals surface area (Å²) in [6.07, 6.45) is 1.71. The molecule has 23 heavy (non-hydrogen) atoms. The Balaban J connectivity index is 2.08. The standard InChI is InChI=1S/C17H26N2O4/c1-21-12-9-18-16(20)19-13-17(7-10-23-11-8-17)14-5-3-4-6-15(14)22-2/h3-6H,7-13H2,1-2H3,(H2,18,19,20). The van der Waals surface area contributed by atoms with E-state index in [1.54, 1.807) is 14.2 Å². The lowest BCUT2D eigenvalue weighted by molar-refractivity contribution is 0.0498. The van der Waals surface area contributed by atoms with Gasteiger partial charge in [-0.15, -0.1) is 0 Å². The number of carbonyl (C=O) groups excluding carboxylic acids is 1. The predicted molar refractivity (Wildman–Crippen MR) is 88.0 cm³/mol. The molecule has 0 aliphatic carbocycles. The molecule has 6 heteroatoms. The van der Waals surface area contributed by atoms with Crippen molar-refractivity contribution in [2.45, 2.75) is 18.3 Å². The highest BCUT2D eigenvalue weighted by Crippen LogP contribution is 2.39. The molecule has 2 amide bonds. The van der Waals surface area contributed by atoms with E-state index in [1.165, 1.54) is 0 Å². The van der Waals surface area contributed by atoms with Crippen molar-refractivity contribution < 1.29 is 19.0 Å². The maximum Gasteiger partial charge on any atom is 0.314 e. The van der Waals surface area contributed by atoms with E-state index in [1.807, 2.05) is 18.2 Å². The van der Waals surface area contributed by atoms with Crippen molar-refractivity contribution in [2.24, 2.45) is 0 Å². The third-order valence-electron chi connectivity index (χ3n) is 4.31. The number of methoxy groups -OCH3 is 2. The summed E-state index contributed by atoms with van der Waals surface area (Å²) in [7, 11) is 3.29. The van der Waals surface area contributed by atoms with Gasteiger partial charge in [0.2, 0.25) is 0 Å². The fourth-order valence-electron chi connectivity index (χ4n) is 2.96. The molecule has 1 heterocycles. The molecular formula is C17H26N2O4. The Bertz CT molecular complexity index is 501. The average Bonchev–Trinajstić information content (AvgIpc) is 2.61. The first kappa shape index (κ1) is 17.6. The number of hydrogen-bond donors (Lipinski definition) is 2. The zero-order valence-electron chi connectivity index (χ0n) is 13.9. The van der Waals surface area contributed by atoms with Gasteiger partial charge in [0.1, 0.15) is 5.75 Å². The van der Waals surface area contributed by atoms with Gasteiger partial charge in [-0.05, 0) is 18.9 Å². The minimum atomic E-state index is -0.178. The van der Waals surface area contributed by atoms with Crippen LogP contribution in [0.25, 0.3) is 0 Å². The third kappa shape index (κ3) is 4.59. The van der Waals surface area contributed by atoms with Crippen LogP contribution >= 0.6 is 0 Å². The van der Waals surface area contributed by atoms with E-state index in [2.05, 4.69) is 16.7 Å². The zero-order valence-corrected chi connectivity index (χ0v) is 13.9. The van der Waals surface area contributed by atoms with Crippen molar-refractivity contribution in [3.63, 3.8) is 0 Å². The number of nitrogens with one attached hydrogen (secondary N) is 2. The summed E-state index contributed by atoms with van der Waals surface area (Å²) in [5.41, 5.74) is 0.965. The summed E-state index contributed by atoms with van der Waals surface area (Å²) < 4.78 is 16.0. The van der Waals surface area contributed by atoms with E-state index < -0.39 is 0 Å². The molecule has 0 saturated carbocycles. The van der Waals surface area contributed by atoms with Gasteiger partial charge < -0.3 is 24.8 Å². The lowest BCUT2D eigenvalue weighted by Crippen LogP contribution is -2.47. The highest BCUT2D eigenvalue weighted by Gasteiger charge is 2.37. The van der Waals surface area contributed by atoms with Crippen LogP contribution in [0.4, 0.5) is 4.79 Å². The highest BCUT2D eigenvalue weighted by molar-refractivity contribution is 5.74. The van der Waals surface area contributed by atoms with Crippen molar-refractivity contribution in [1.29, 1.82) is 0 Å². The molecule has 0 aromatic heterocycles. The molecule has 0 bridgehead atoms. The van der Waals surface area contributed by atoms with E-state index in [0.717, 1.165) is 24.2 Å². The highest BCUT2D eigenvalue weighted by atomic mass is 16.5. The van der Waals surface area contributed by atoms with Crippen LogP contribution in [0, 0.1) is 0 Å². The molecule has 1 aliphatic heterocycles. The fourth-order valence-corrected chi connectivity index (χ4v) is 2.96. The van der Waals surface area contributed by atoms with Crippen LogP contribution in [0.15, 0.2) is 24.3 Å². The van der Waals surface area contributed by atoms with Crippen molar-refractivity contribution >= 4 is 6.03 Å². The maximum atomic E-state index is 11.9. The van der Waals surface area contributed by atoms with E-state index in [-0.39, 0.29) is 11.4 Å². The summed E-state index contributed by atoms with van der Waals surface area (Å²) in [5, 5.41) is 5.77. The van der Waals surface area contributed by atoms with E-state index in [0.29, 0.717) is 32.9 Å². The second kappa shape index (κ2) is 8.74. The van der Waals surface area contributed by atoms with Gasteiger partial charge in [0, 0.05) is 44.4 Å². The van der Waals surface area contributed by atoms with Crippen LogP contribution in [0.2, 0.25) is 0 Å². The van der Waals surface area contributed by atoms with Crippen LogP contribution in [0.3, 0.4) is 0 Å². The average molecular weight is 322 g/mol. The van der Waals surface area contributed by atoms with Gasteiger partial charge in [0.25, 0.3) is 0 Å². The summed E-state index contributed by atoms with van der Waals surface area (Å²) in [6.45, 7) is 2.91. The topological polar surface area (TPSA) is 68.8 Å². The smallest absolute Gasteiger partial charge is 0.314 e. The van der Waals surface area contributed by atoms with Gasteiger partial charge in [0.05, 0.1) is 13.7 Å². The van der Waals surface area contributed by atoms with E-state index in [4.69, 9.17) is 14.2 Å². The molecule has 2 N–H and O–H groups in total. The first-order valence-electron chi connectivity index (χ1n) is 7.94. The van der Waals surface area contributed by atoms with Crippen LogP contribution in [0.1, 0.15) is 18.4 Å². The Morgan fingerprint density at radius 1 is 1.22 bits per heavy atom. The summed E-state index contributed by atoms with van der Waals surface area (Å²) >= 11 is 0. The molecule has 1 fully saturated rings. The van der Waals surface area contributed by atoms with E-state index >= 15 is 0 Å². The van der Waals surface area contributed by atoms with E-state index in [9.17, 15) is 4.79 Å². The number of carbonyl (C=O) groups is 1. The minimum Gasteiger partial charge on any atom is -0.496 e. The van der Waals surface area contributed by atoms with Gasteiger partial charge in [-0.2, -0.15) is 0 Å². The molecule has 6 nitrogen and oxygen atoms in total. The summed E-state index contributed by atoms with van der Waals surface area (Å²) in [6, 6.07) is 7.83. The van der Waals surface area contributed by atoms with Gasteiger partial charge >= 0.3 is 6.03 Å². The molecular weight excluding hydrogens is 296 g/mol. The lowest BCUT2D eigenvalue weighted by atomic mass is 9.73. The third-order valence-corrected chi connectivity index (χ3v) is 4.31. The van der Waals surface area contributed by atoms with Crippen molar-refractivity contribution in [2.75, 3.05) is 47.1 Å². The number of urea groups is 1. The Morgan fingerprint density at radius 2 is 1.96 bits per heavy atom.